The van der Waals surface area contributed by atoms with E-state index in [0.29, 0.717) is 17.8 Å². The number of tetrazole rings is 1. The third-order valence-electron chi connectivity index (χ3n) is 2.48. The molecule has 0 amide bonds. The van der Waals surface area contributed by atoms with Crippen molar-refractivity contribution in [1.29, 1.82) is 0 Å². The Morgan fingerprint density at radius 1 is 1.56 bits per heavy atom. The Balaban J connectivity index is 2.19. The fraction of sp³-hybridized carbons (Fsp3) is 0.300. The van der Waals surface area contributed by atoms with Gasteiger partial charge in [0.2, 0.25) is 0 Å². The number of nitrogens with two attached hydrogens (primary N) is 1. The number of rotatable bonds is 4. The molecular formula is C10H12ClFN6. The number of hydrazine groups is 1. The number of benzene rings is 1. The van der Waals surface area contributed by atoms with Gasteiger partial charge in [-0.05, 0) is 22.9 Å². The SMILES string of the molecule is Cn1nnc(CC(NN)c2ccc(Cl)c(F)c2)n1. The summed E-state index contributed by atoms with van der Waals surface area (Å²) in [6.45, 7) is 0. The molecule has 0 saturated carbocycles. The maximum Gasteiger partial charge on any atom is 0.176 e. The summed E-state index contributed by atoms with van der Waals surface area (Å²) in [6, 6.07) is 4.22. The second kappa shape index (κ2) is 5.38. The van der Waals surface area contributed by atoms with Crippen LogP contribution in [0, 0.1) is 5.82 Å². The summed E-state index contributed by atoms with van der Waals surface area (Å²) in [5.74, 6) is 5.50. The highest BCUT2D eigenvalue weighted by molar-refractivity contribution is 6.30. The Labute approximate surface area is 108 Å². The molecule has 0 aliphatic rings. The molecule has 6 nitrogen and oxygen atoms in total. The molecule has 1 atom stereocenters. The molecule has 3 N–H and O–H groups in total. The smallest absolute Gasteiger partial charge is 0.176 e. The van der Waals surface area contributed by atoms with Crippen LogP contribution < -0.4 is 11.3 Å². The quantitative estimate of drug-likeness (QED) is 0.633. The van der Waals surface area contributed by atoms with E-state index in [9.17, 15) is 4.39 Å². The van der Waals surface area contributed by atoms with Crippen LogP contribution in [0.2, 0.25) is 5.02 Å². The standard InChI is InChI=1S/C10H12ClFN6/c1-18-16-10(15-17-18)5-9(14-13)6-2-3-7(11)8(12)4-6/h2-4,9,14H,5,13H2,1H3. The van der Waals surface area contributed by atoms with Crippen molar-refractivity contribution in [2.75, 3.05) is 0 Å². The van der Waals surface area contributed by atoms with Crippen LogP contribution in [0.4, 0.5) is 4.39 Å². The molecule has 0 bridgehead atoms. The van der Waals surface area contributed by atoms with Crippen molar-refractivity contribution in [1.82, 2.24) is 25.6 Å². The lowest BCUT2D eigenvalue weighted by Crippen LogP contribution is -2.30. The molecule has 0 aliphatic carbocycles. The Bertz CT molecular complexity index is 543. The molecule has 1 aromatic carbocycles. The molecule has 0 saturated heterocycles. The van der Waals surface area contributed by atoms with Crippen LogP contribution in [0.5, 0.6) is 0 Å². The van der Waals surface area contributed by atoms with E-state index in [1.807, 2.05) is 0 Å². The zero-order chi connectivity index (χ0) is 13.1. The van der Waals surface area contributed by atoms with Crippen molar-refractivity contribution in [3.63, 3.8) is 0 Å². The highest BCUT2D eigenvalue weighted by atomic mass is 35.5. The average molecular weight is 271 g/mol. The first-order valence-electron chi connectivity index (χ1n) is 5.24. The monoisotopic (exact) mass is 270 g/mol. The number of halogens is 2. The van der Waals surface area contributed by atoms with Gasteiger partial charge in [0, 0.05) is 6.42 Å². The predicted molar refractivity (Wildman–Crippen MR) is 64.0 cm³/mol. The van der Waals surface area contributed by atoms with E-state index in [-0.39, 0.29) is 11.1 Å². The van der Waals surface area contributed by atoms with E-state index >= 15 is 0 Å². The van der Waals surface area contributed by atoms with Gasteiger partial charge in [0.25, 0.3) is 0 Å². The minimum atomic E-state index is -0.485. The number of hydrogen-bond acceptors (Lipinski definition) is 5. The Morgan fingerprint density at radius 3 is 2.89 bits per heavy atom. The Hall–Kier alpha value is -1.57. The highest BCUT2D eigenvalue weighted by Crippen LogP contribution is 2.21. The minimum absolute atomic E-state index is 0.0761. The summed E-state index contributed by atoms with van der Waals surface area (Å²) >= 11 is 5.63. The number of nitrogens with zero attached hydrogens (tertiary/aromatic N) is 4. The maximum atomic E-state index is 13.4. The van der Waals surface area contributed by atoms with E-state index in [4.69, 9.17) is 17.4 Å². The average Bonchev–Trinajstić information content (AvgIpc) is 2.75. The van der Waals surface area contributed by atoms with Gasteiger partial charge in [-0.2, -0.15) is 4.80 Å². The first-order valence-corrected chi connectivity index (χ1v) is 5.62. The second-order valence-corrected chi connectivity index (χ2v) is 4.20. The van der Waals surface area contributed by atoms with Crippen LogP contribution in [-0.2, 0) is 13.5 Å². The molecule has 2 rings (SSSR count). The first-order chi connectivity index (χ1) is 8.60. The van der Waals surface area contributed by atoms with Gasteiger partial charge >= 0.3 is 0 Å². The predicted octanol–water partition coefficient (Wildman–Crippen LogP) is 0.750. The van der Waals surface area contributed by atoms with Crippen LogP contribution in [-0.4, -0.2) is 20.2 Å². The molecule has 1 heterocycles. The zero-order valence-corrected chi connectivity index (χ0v) is 10.4. The molecule has 2 aromatic rings. The molecule has 0 spiro atoms. The molecule has 0 radical (unpaired) electrons. The van der Waals surface area contributed by atoms with Crippen molar-refractivity contribution >= 4 is 11.6 Å². The molecule has 96 valence electrons. The normalized spacial score (nSPS) is 12.7. The van der Waals surface area contributed by atoms with E-state index in [2.05, 4.69) is 20.8 Å². The van der Waals surface area contributed by atoms with E-state index in [1.54, 1.807) is 13.1 Å². The van der Waals surface area contributed by atoms with Gasteiger partial charge in [0.15, 0.2) is 5.82 Å². The van der Waals surface area contributed by atoms with Gasteiger partial charge in [0.05, 0.1) is 18.1 Å². The summed E-state index contributed by atoms with van der Waals surface area (Å²) in [4.78, 5) is 1.35. The van der Waals surface area contributed by atoms with Crippen LogP contribution >= 0.6 is 11.6 Å². The van der Waals surface area contributed by atoms with Gasteiger partial charge < -0.3 is 0 Å². The summed E-state index contributed by atoms with van der Waals surface area (Å²) in [6.07, 6.45) is 0.408. The van der Waals surface area contributed by atoms with Crippen LogP contribution in [0.3, 0.4) is 0 Å². The second-order valence-electron chi connectivity index (χ2n) is 3.79. The van der Waals surface area contributed by atoms with E-state index in [1.165, 1.54) is 16.9 Å². The van der Waals surface area contributed by atoms with Crippen LogP contribution in [0.25, 0.3) is 0 Å². The van der Waals surface area contributed by atoms with Gasteiger partial charge in [-0.1, -0.05) is 17.7 Å². The van der Waals surface area contributed by atoms with Crippen molar-refractivity contribution in [3.8, 4) is 0 Å². The molecule has 8 heteroatoms. The largest absolute Gasteiger partial charge is 0.271 e. The third kappa shape index (κ3) is 2.81. The number of aromatic nitrogens is 4. The molecule has 18 heavy (non-hydrogen) atoms. The summed E-state index contributed by atoms with van der Waals surface area (Å²) < 4.78 is 13.4. The number of hydrogen-bond donors (Lipinski definition) is 2. The lowest BCUT2D eigenvalue weighted by Gasteiger charge is -2.14. The van der Waals surface area contributed by atoms with Crippen LogP contribution in [0.15, 0.2) is 18.2 Å². The van der Waals surface area contributed by atoms with Crippen molar-refractivity contribution in [2.24, 2.45) is 12.9 Å². The molecule has 0 fully saturated rings. The van der Waals surface area contributed by atoms with Gasteiger partial charge in [-0.15, -0.1) is 10.2 Å². The number of aryl methyl sites for hydroxylation is 1. The fourth-order valence-electron chi connectivity index (χ4n) is 1.59. The van der Waals surface area contributed by atoms with Gasteiger partial charge in [0.1, 0.15) is 5.82 Å². The lowest BCUT2D eigenvalue weighted by molar-refractivity contribution is 0.530. The Morgan fingerprint density at radius 2 is 2.33 bits per heavy atom. The molecular weight excluding hydrogens is 259 g/mol. The number of nitrogens with one attached hydrogen (secondary N) is 1. The first kappa shape index (κ1) is 12.9. The topological polar surface area (TPSA) is 81.7 Å². The van der Waals surface area contributed by atoms with Gasteiger partial charge in [-0.3, -0.25) is 11.3 Å². The zero-order valence-electron chi connectivity index (χ0n) is 9.64. The lowest BCUT2D eigenvalue weighted by atomic mass is 10.0. The fourth-order valence-corrected chi connectivity index (χ4v) is 1.71. The maximum absolute atomic E-state index is 13.4. The van der Waals surface area contributed by atoms with Gasteiger partial charge in [-0.25, -0.2) is 4.39 Å². The summed E-state index contributed by atoms with van der Waals surface area (Å²) in [5.41, 5.74) is 3.27. The molecule has 0 aliphatic heterocycles. The van der Waals surface area contributed by atoms with E-state index < -0.39 is 5.82 Å². The minimum Gasteiger partial charge on any atom is -0.271 e. The highest BCUT2D eigenvalue weighted by Gasteiger charge is 2.15. The van der Waals surface area contributed by atoms with Crippen molar-refractivity contribution in [2.45, 2.75) is 12.5 Å². The summed E-state index contributed by atoms with van der Waals surface area (Å²) in [7, 11) is 1.67. The summed E-state index contributed by atoms with van der Waals surface area (Å²) in [5, 5.41) is 11.7. The molecule has 1 unspecified atom stereocenters. The van der Waals surface area contributed by atoms with Crippen molar-refractivity contribution < 1.29 is 4.39 Å². The van der Waals surface area contributed by atoms with Crippen LogP contribution in [0.1, 0.15) is 17.4 Å². The van der Waals surface area contributed by atoms with E-state index in [0.717, 1.165) is 0 Å². The third-order valence-corrected chi connectivity index (χ3v) is 2.79. The van der Waals surface area contributed by atoms with Crippen molar-refractivity contribution in [3.05, 3.63) is 40.4 Å². The Kier molecular flexibility index (Phi) is 3.85. The molecule has 1 aromatic heterocycles.